The topological polar surface area (TPSA) is 20.2 Å². The van der Waals surface area contributed by atoms with Gasteiger partial charge < -0.3 is 5.11 Å². The van der Waals surface area contributed by atoms with Gasteiger partial charge in [-0.3, -0.25) is 0 Å². The number of halogens is 2. The standard InChI is InChI=1S/C16H16F2O/c1-2-13(11-6-4-3-5-7-11)16(19)14-9-8-12(17)10-15(14)18/h3-10,13,16,19H,2H2,1H3. The van der Waals surface area contributed by atoms with Gasteiger partial charge in [0.25, 0.3) is 0 Å². The first-order valence-electron chi connectivity index (χ1n) is 6.31. The predicted molar refractivity (Wildman–Crippen MR) is 70.8 cm³/mol. The van der Waals surface area contributed by atoms with Crippen LogP contribution in [0.5, 0.6) is 0 Å². The van der Waals surface area contributed by atoms with Crippen molar-refractivity contribution < 1.29 is 13.9 Å². The first-order valence-corrected chi connectivity index (χ1v) is 6.31. The second kappa shape index (κ2) is 5.93. The molecule has 0 fully saturated rings. The van der Waals surface area contributed by atoms with E-state index in [2.05, 4.69) is 0 Å². The van der Waals surface area contributed by atoms with Gasteiger partial charge >= 0.3 is 0 Å². The Kier molecular flexibility index (Phi) is 4.27. The third kappa shape index (κ3) is 2.99. The maximum atomic E-state index is 13.7. The SMILES string of the molecule is CCC(c1ccccc1)C(O)c1ccc(F)cc1F. The molecule has 2 rings (SSSR count). The predicted octanol–water partition coefficient (Wildman–Crippen LogP) is 4.19. The van der Waals surface area contributed by atoms with E-state index in [4.69, 9.17) is 0 Å². The lowest BCUT2D eigenvalue weighted by atomic mass is 9.87. The summed E-state index contributed by atoms with van der Waals surface area (Å²) in [6.45, 7) is 1.93. The van der Waals surface area contributed by atoms with E-state index >= 15 is 0 Å². The van der Waals surface area contributed by atoms with Crippen molar-refractivity contribution in [3.63, 3.8) is 0 Å². The van der Waals surface area contributed by atoms with Crippen molar-refractivity contribution in [2.45, 2.75) is 25.4 Å². The number of benzene rings is 2. The van der Waals surface area contributed by atoms with Gasteiger partial charge in [-0.1, -0.05) is 43.3 Å². The fourth-order valence-electron chi connectivity index (χ4n) is 2.30. The molecule has 2 aromatic carbocycles. The molecule has 0 aliphatic carbocycles. The molecule has 0 aliphatic heterocycles. The van der Waals surface area contributed by atoms with Crippen LogP contribution in [-0.2, 0) is 0 Å². The van der Waals surface area contributed by atoms with Gasteiger partial charge in [-0.2, -0.15) is 0 Å². The van der Waals surface area contributed by atoms with Gasteiger partial charge in [-0.15, -0.1) is 0 Å². The van der Waals surface area contributed by atoms with Crippen LogP contribution in [0.25, 0.3) is 0 Å². The molecule has 0 amide bonds. The minimum atomic E-state index is -0.979. The van der Waals surface area contributed by atoms with Crippen LogP contribution in [0.2, 0.25) is 0 Å². The fourth-order valence-corrected chi connectivity index (χ4v) is 2.30. The van der Waals surface area contributed by atoms with Gasteiger partial charge in [0.2, 0.25) is 0 Å². The van der Waals surface area contributed by atoms with Crippen LogP contribution < -0.4 is 0 Å². The second-order valence-electron chi connectivity index (χ2n) is 4.54. The molecule has 0 saturated heterocycles. The quantitative estimate of drug-likeness (QED) is 0.875. The minimum Gasteiger partial charge on any atom is -0.388 e. The van der Waals surface area contributed by atoms with Crippen molar-refractivity contribution in [1.29, 1.82) is 0 Å². The average Bonchev–Trinajstić information content (AvgIpc) is 2.40. The van der Waals surface area contributed by atoms with Crippen molar-refractivity contribution in [3.8, 4) is 0 Å². The Morgan fingerprint density at radius 2 is 1.74 bits per heavy atom. The summed E-state index contributed by atoms with van der Waals surface area (Å²) in [5.74, 6) is -1.55. The van der Waals surface area contributed by atoms with Crippen LogP contribution in [0.15, 0.2) is 48.5 Å². The molecule has 1 nitrogen and oxygen atoms in total. The van der Waals surface area contributed by atoms with Crippen molar-refractivity contribution in [3.05, 3.63) is 71.3 Å². The molecular weight excluding hydrogens is 246 g/mol. The molecular formula is C16H16F2O. The molecule has 0 radical (unpaired) electrons. The van der Waals surface area contributed by atoms with E-state index in [0.29, 0.717) is 6.42 Å². The smallest absolute Gasteiger partial charge is 0.131 e. The van der Waals surface area contributed by atoms with Crippen LogP contribution in [-0.4, -0.2) is 5.11 Å². The normalized spacial score (nSPS) is 14.1. The number of rotatable bonds is 4. The highest BCUT2D eigenvalue weighted by Gasteiger charge is 2.23. The molecule has 100 valence electrons. The Morgan fingerprint density at radius 3 is 2.32 bits per heavy atom. The monoisotopic (exact) mass is 262 g/mol. The van der Waals surface area contributed by atoms with E-state index in [1.165, 1.54) is 12.1 Å². The van der Waals surface area contributed by atoms with Crippen LogP contribution in [0.3, 0.4) is 0 Å². The Hall–Kier alpha value is -1.74. The molecule has 0 heterocycles. The molecule has 0 aromatic heterocycles. The lowest BCUT2D eigenvalue weighted by molar-refractivity contribution is 0.138. The highest BCUT2D eigenvalue weighted by atomic mass is 19.1. The molecule has 19 heavy (non-hydrogen) atoms. The van der Waals surface area contributed by atoms with E-state index < -0.39 is 17.7 Å². The van der Waals surface area contributed by atoms with Crippen molar-refractivity contribution in [2.75, 3.05) is 0 Å². The molecule has 2 aromatic rings. The number of aliphatic hydroxyl groups excluding tert-OH is 1. The lowest BCUT2D eigenvalue weighted by Crippen LogP contribution is -2.12. The van der Waals surface area contributed by atoms with Gasteiger partial charge in [0.05, 0.1) is 6.10 Å². The summed E-state index contributed by atoms with van der Waals surface area (Å²) in [7, 11) is 0. The zero-order valence-corrected chi connectivity index (χ0v) is 10.7. The first-order chi connectivity index (χ1) is 9.13. The summed E-state index contributed by atoms with van der Waals surface area (Å²) in [5, 5.41) is 10.3. The zero-order valence-electron chi connectivity index (χ0n) is 10.7. The Morgan fingerprint density at radius 1 is 1.05 bits per heavy atom. The highest BCUT2D eigenvalue weighted by molar-refractivity contribution is 5.27. The third-order valence-electron chi connectivity index (χ3n) is 3.33. The van der Waals surface area contributed by atoms with Gasteiger partial charge in [0, 0.05) is 17.5 Å². The van der Waals surface area contributed by atoms with Crippen molar-refractivity contribution in [2.24, 2.45) is 0 Å². The molecule has 2 atom stereocenters. The van der Waals surface area contributed by atoms with E-state index in [1.807, 2.05) is 37.3 Å². The maximum absolute atomic E-state index is 13.7. The van der Waals surface area contributed by atoms with Gasteiger partial charge in [0.15, 0.2) is 0 Å². The summed E-state index contributed by atoms with van der Waals surface area (Å²) in [6.07, 6.45) is -0.310. The third-order valence-corrected chi connectivity index (χ3v) is 3.33. The lowest BCUT2D eigenvalue weighted by Gasteiger charge is -2.22. The van der Waals surface area contributed by atoms with Crippen molar-refractivity contribution in [1.82, 2.24) is 0 Å². The molecule has 0 aliphatic rings. The first kappa shape index (κ1) is 13.7. The number of aliphatic hydroxyl groups is 1. The summed E-state index contributed by atoms with van der Waals surface area (Å²) >= 11 is 0. The summed E-state index contributed by atoms with van der Waals surface area (Å²) < 4.78 is 26.6. The molecule has 0 bridgehead atoms. The molecule has 2 unspecified atom stereocenters. The van der Waals surface area contributed by atoms with Crippen LogP contribution in [0.4, 0.5) is 8.78 Å². The largest absolute Gasteiger partial charge is 0.388 e. The highest BCUT2D eigenvalue weighted by Crippen LogP contribution is 2.34. The van der Waals surface area contributed by atoms with E-state index in [0.717, 1.165) is 11.6 Å². The van der Waals surface area contributed by atoms with Gasteiger partial charge in [-0.25, -0.2) is 8.78 Å². The molecule has 0 spiro atoms. The summed E-state index contributed by atoms with van der Waals surface area (Å²) in [4.78, 5) is 0. The van der Waals surface area contributed by atoms with E-state index in [-0.39, 0.29) is 11.5 Å². The molecule has 3 heteroatoms. The van der Waals surface area contributed by atoms with Crippen LogP contribution in [0.1, 0.15) is 36.5 Å². The average molecular weight is 262 g/mol. The van der Waals surface area contributed by atoms with Gasteiger partial charge in [-0.05, 0) is 18.1 Å². The van der Waals surface area contributed by atoms with Gasteiger partial charge in [0.1, 0.15) is 11.6 Å². The Bertz CT molecular complexity index is 540. The van der Waals surface area contributed by atoms with Crippen LogP contribution in [0, 0.1) is 11.6 Å². The maximum Gasteiger partial charge on any atom is 0.131 e. The van der Waals surface area contributed by atoms with Crippen molar-refractivity contribution >= 4 is 0 Å². The van der Waals surface area contributed by atoms with E-state index in [9.17, 15) is 13.9 Å². The minimum absolute atomic E-state index is 0.136. The Labute approximate surface area is 111 Å². The summed E-state index contributed by atoms with van der Waals surface area (Å²) in [6, 6.07) is 12.7. The summed E-state index contributed by atoms with van der Waals surface area (Å²) in [5.41, 5.74) is 1.08. The second-order valence-corrected chi connectivity index (χ2v) is 4.54. The number of hydrogen-bond acceptors (Lipinski definition) is 1. The van der Waals surface area contributed by atoms with Crippen LogP contribution >= 0.6 is 0 Å². The number of hydrogen-bond donors (Lipinski definition) is 1. The molecule has 1 N–H and O–H groups in total. The fraction of sp³-hybridized carbons (Fsp3) is 0.250. The Balaban J connectivity index is 2.33. The van der Waals surface area contributed by atoms with E-state index in [1.54, 1.807) is 0 Å². The molecule has 0 saturated carbocycles. The zero-order chi connectivity index (χ0) is 13.8.